The summed E-state index contributed by atoms with van der Waals surface area (Å²) in [7, 11) is 0. The zero-order valence-electron chi connectivity index (χ0n) is 9.74. The van der Waals surface area contributed by atoms with Gasteiger partial charge in [-0.05, 0) is 26.0 Å². The summed E-state index contributed by atoms with van der Waals surface area (Å²) in [5.74, 6) is 1.67. The first-order valence-electron chi connectivity index (χ1n) is 5.50. The molecule has 2 heterocycles. The number of aromatic nitrogens is 1. The van der Waals surface area contributed by atoms with E-state index in [0.29, 0.717) is 10.6 Å². The van der Waals surface area contributed by atoms with Gasteiger partial charge in [0.05, 0.1) is 11.6 Å². The number of hydrogen-bond donors (Lipinski definition) is 0. The van der Waals surface area contributed by atoms with Crippen LogP contribution in [0.4, 0.5) is 5.69 Å². The van der Waals surface area contributed by atoms with Crippen molar-refractivity contribution in [2.75, 3.05) is 23.7 Å². The van der Waals surface area contributed by atoms with E-state index < -0.39 is 0 Å². The highest BCUT2D eigenvalue weighted by Crippen LogP contribution is 2.32. The van der Waals surface area contributed by atoms with Gasteiger partial charge in [-0.3, -0.25) is 4.98 Å². The molecular weight excluding hydrogens is 240 g/mol. The average molecular weight is 257 g/mol. The number of alkyl halides is 1. The topological polar surface area (TPSA) is 16.1 Å². The van der Waals surface area contributed by atoms with Gasteiger partial charge in [0, 0.05) is 35.5 Å². The summed E-state index contributed by atoms with van der Waals surface area (Å²) in [6.45, 7) is 6.80. The van der Waals surface area contributed by atoms with Crippen molar-refractivity contribution in [2.45, 2.75) is 24.5 Å². The highest BCUT2D eigenvalue weighted by atomic mass is 35.5. The lowest BCUT2D eigenvalue weighted by Crippen LogP contribution is -2.43. The molecule has 0 aromatic carbocycles. The van der Waals surface area contributed by atoms with Gasteiger partial charge < -0.3 is 4.90 Å². The first-order valence-corrected chi connectivity index (χ1v) is 7.02. The van der Waals surface area contributed by atoms with Gasteiger partial charge in [0.15, 0.2) is 0 Å². The van der Waals surface area contributed by atoms with Gasteiger partial charge >= 0.3 is 0 Å². The molecule has 0 spiro atoms. The smallest absolute Gasteiger partial charge is 0.0648 e. The van der Waals surface area contributed by atoms with Gasteiger partial charge in [-0.2, -0.15) is 11.8 Å². The molecule has 1 aliphatic heterocycles. The Kier molecular flexibility index (Phi) is 3.65. The third kappa shape index (κ3) is 2.83. The number of rotatable bonds is 2. The van der Waals surface area contributed by atoms with Crippen molar-refractivity contribution < 1.29 is 0 Å². The van der Waals surface area contributed by atoms with Gasteiger partial charge in [-0.15, -0.1) is 11.6 Å². The van der Waals surface area contributed by atoms with Crippen molar-refractivity contribution in [3.63, 3.8) is 0 Å². The maximum atomic E-state index is 5.81. The Bertz CT molecular complexity index is 368. The quantitative estimate of drug-likeness (QED) is 0.757. The third-order valence-corrected chi connectivity index (χ3v) is 4.30. The maximum Gasteiger partial charge on any atom is 0.0648 e. The normalized spacial score (nSPS) is 19.8. The summed E-state index contributed by atoms with van der Waals surface area (Å²) >= 11 is 7.85. The Morgan fingerprint density at radius 2 is 2.38 bits per heavy atom. The van der Waals surface area contributed by atoms with Crippen molar-refractivity contribution in [2.24, 2.45) is 0 Å². The standard InChI is InChI=1S/C12H17ClN2S/c1-12(2)9-15(5-6-16-12)11-3-4-14-10(7-11)8-13/h3-4,7H,5-6,8-9H2,1-2H3. The summed E-state index contributed by atoms with van der Waals surface area (Å²) in [6.07, 6.45) is 1.85. The molecule has 0 aliphatic carbocycles. The molecule has 0 unspecified atom stereocenters. The van der Waals surface area contributed by atoms with Crippen LogP contribution < -0.4 is 4.90 Å². The van der Waals surface area contributed by atoms with Gasteiger partial charge in [-0.1, -0.05) is 0 Å². The molecule has 0 N–H and O–H groups in total. The third-order valence-electron chi connectivity index (χ3n) is 2.73. The van der Waals surface area contributed by atoms with Gasteiger partial charge in [0.1, 0.15) is 0 Å². The molecule has 0 bridgehead atoms. The van der Waals surface area contributed by atoms with Crippen molar-refractivity contribution in [1.82, 2.24) is 4.98 Å². The fourth-order valence-electron chi connectivity index (χ4n) is 1.97. The monoisotopic (exact) mass is 256 g/mol. The molecule has 1 fully saturated rings. The van der Waals surface area contributed by atoms with Crippen molar-refractivity contribution in [3.05, 3.63) is 24.0 Å². The Morgan fingerprint density at radius 1 is 1.56 bits per heavy atom. The van der Waals surface area contributed by atoms with Crippen molar-refractivity contribution in [3.8, 4) is 0 Å². The number of thioether (sulfide) groups is 1. The van der Waals surface area contributed by atoms with E-state index in [-0.39, 0.29) is 0 Å². The second-order valence-corrected chi connectivity index (χ2v) is 6.74. The Balaban J connectivity index is 2.16. The highest BCUT2D eigenvalue weighted by molar-refractivity contribution is 8.00. The van der Waals surface area contributed by atoms with Crippen LogP contribution in [-0.2, 0) is 5.88 Å². The second-order valence-electron chi connectivity index (χ2n) is 4.67. The van der Waals surface area contributed by atoms with Crippen molar-refractivity contribution in [1.29, 1.82) is 0 Å². The molecule has 0 atom stereocenters. The van der Waals surface area contributed by atoms with Crippen LogP contribution in [0.3, 0.4) is 0 Å². The van der Waals surface area contributed by atoms with Gasteiger partial charge in [0.25, 0.3) is 0 Å². The molecule has 1 aromatic rings. The molecular formula is C12H17ClN2S. The number of pyridine rings is 1. The predicted molar refractivity (Wildman–Crippen MR) is 72.5 cm³/mol. The van der Waals surface area contributed by atoms with Crippen LogP contribution in [0.5, 0.6) is 0 Å². The van der Waals surface area contributed by atoms with Crippen LogP contribution in [0.15, 0.2) is 18.3 Å². The minimum Gasteiger partial charge on any atom is -0.369 e. The molecule has 1 aliphatic rings. The lowest BCUT2D eigenvalue weighted by molar-refractivity contribution is 0.647. The number of halogens is 1. The molecule has 4 heteroatoms. The molecule has 0 saturated carbocycles. The van der Waals surface area contributed by atoms with Crippen LogP contribution >= 0.6 is 23.4 Å². The summed E-state index contributed by atoms with van der Waals surface area (Å²) in [6, 6.07) is 4.17. The number of anilines is 1. The molecule has 0 radical (unpaired) electrons. The molecule has 0 amide bonds. The summed E-state index contributed by atoms with van der Waals surface area (Å²) in [5, 5.41) is 0. The molecule has 16 heavy (non-hydrogen) atoms. The zero-order valence-corrected chi connectivity index (χ0v) is 11.3. The van der Waals surface area contributed by atoms with E-state index in [1.807, 2.05) is 18.0 Å². The van der Waals surface area contributed by atoms with E-state index >= 15 is 0 Å². The van der Waals surface area contributed by atoms with Crippen LogP contribution in [-0.4, -0.2) is 28.6 Å². The first-order chi connectivity index (χ1) is 7.61. The SMILES string of the molecule is CC1(C)CN(c2ccnc(CCl)c2)CCS1. The maximum absolute atomic E-state index is 5.81. The lowest BCUT2D eigenvalue weighted by atomic mass is 10.1. The molecule has 2 rings (SSSR count). The largest absolute Gasteiger partial charge is 0.369 e. The highest BCUT2D eigenvalue weighted by Gasteiger charge is 2.27. The number of nitrogens with zero attached hydrogens (tertiary/aromatic N) is 2. The summed E-state index contributed by atoms with van der Waals surface area (Å²) < 4.78 is 0.336. The summed E-state index contributed by atoms with van der Waals surface area (Å²) in [4.78, 5) is 6.65. The Hall–Kier alpha value is -0.410. The van der Waals surface area contributed by atoms with E-state index in [9.17, 15) is 0 Å². The van der Waals surface area contributed by atoms with Crippen LogP contribution in [0.1, 0.15) is 19.5 Å². The van der Waals surface area contributed by atoms with Gasteiger partial charge in [0.2, 0.25) is 0 Å². The molecule has 88 valence electrons. The lowest BCUT2D eigenvalue weighted by Gasteiger charge is -2.39. The molecule has 2 nitrogen and oxygen atoms in total. The molecule has 1 saturated heterocycles. The van der Waals surface area contributed by atoms with Gasteiger partial charge in [-0.25, -0.2) is 0 Å². The van der Waals surface area contributed by atoms with E-state index in [0.717, 1.165) is 18.8 Å². The molecule has 1 aromatic heterocycles. The second kappa shape index (κ2) is 4.84. The number of hydrogen-bond acceptors (Lipinski definition) is 3. The predicted octanol–water partition coefficient (Wildman–Crippen LogP) is 3.15. The Labute approximate surface area is 106 Å². The van der Waals surface area contributed by atoms with Crippen molar-refractivity contribution >= 4 is 29.1 Å². The minimum absolute atomic E-state index is 0.336. The zero-order chi connectivity index (χ0) is 11.6. The minimum atomic E-state index is 0.336. The first kappa shape index (κ1) is 12.1. The summed E-state index contributed by atoms with van der Waals surface area (Å²) in [5.41, 5.74) is 2.20. The van der Waals surface area contributed by atoms with Crippen LogP contribution in [0.25, 0.3) is 0 Å². The van der Waals surface area contributed by atoms with E-state index in [4.69, 9.17) is 11.6 Å². The van der Waals surface area contributed by atoms with Crippen LogP contribution in [0.2, 0.25) is 0 Å². The fraction of sp³-hybridized carbons (Fsp3) is 0.583. The van der Waals surface area contributed by atoms with E-state index in [1.54, 1.807) is 0 Å². The fourth-order valence-corrected chi connectivity index (χ4v) is 3.23. The Morgan fingerprint density at radius 3 is 3.06 bits per heavy atom. The van der Waals surface area contributed by atoms with Crippen LogP contribution in [0, 0.1) is 0 Å². The van der Waals surface area contributed by atoms with E-state index in [1.165, 1.54) is 11.4 Å². The average Bonchev–Trinajstić information content (AvgIpc) is 2.28. The van der Waals surface area contributed by atoms with E-state index in [2.05, 4.69) is 35.9 Å².